The molecule has 0 spiro atoms. The number of esters is 1. The number of nitrogens with one attached hydrogen (secondary N) is 1. The van der Waals surface area contributed by atoms with Gasteiger partial charge in [0.1, 0.15) is 5.54 Å². The number of rotatable bonds is 8. The predicted octanol–water partition coefficient (Wildman–Crippen LogP) is 2.46. The fraction of sp³-hybridized carbons (Fsp3) is 0.733. The van der Waals surface area contributed by atoms with Gasteiger partial charge in [-0.3, -0.25) is 9.48 Å². The normalized spacial score (nSPS) is 15.7. The van der Waals surface area contributed by atoms with Gasteiger partial charge in [0.15, 0.2) is 0 Å². The van der Waals surface area contributed by atoms with Crippen molar-refractivity contribution in [2.75, 3.05) is 13.2 Å². The Balaban J connectivity index is 2.80. The van der Waals surface area contributed by atoms with E-state index in [0.717, 1.165) is 18.5 Å². The van der Waals surface area contributed by atoms with Crippen LogP contribution in [0.2, 0.25) is 0 Å². The predicted molar refractivity (Wildman–Crippen MR) is 79.6 cm³/mol. The molecule has 0 bridgehead atoms. The highest BCUT2D eigenvalue weighted by Gasteiger charge is 2.36. The van der Waals surface area contributed by atoms with Crippen LogP contribution in [0.15, 0.2) is 12.4 Å². The quantitative estimate of drug-likeness (QED) is 0.744. The van der Waals surface area contributed by atoms with Gasteiger partial charge in [-0.2, -0.15) is 5.10 Å². The van der Waals surface area contributed by atoms with Crippen molar-refractivity contribution in [2.24, 2.45) is 0 Å². The molecule has 0 aliphatic carbocycles. The van der Waals surface area contributed by atoms with E-state index >= 15 is 0 Å². The standard InChI is InChI=1S/C15H27N3O2/c1-6-8-16-15(5,14(19)20-7-2)9-13(4)18-11-12(3)10-17-18/h10-11,13,16H,6-9H2,1-5H3. The Morgan fingerprint density at radius 1 is 1.55 bits per heavy atom. The summed E-state index contributed by atoms with van der Waals surface area (Å²) in [5.41, 5.74) is 0.446. The monoisotopic (exact) mass is 281 g/mol. The van der Waals surface area contributed by atoms with E-state index in [0.29, 0.717) is 13.0 Å². The van der Waals surface area contributed by atoms with Gasteiger partial charge >= 0.3 is 5.97 Å². The molecule has 0 aliphatic rings. The van der Waals surface area contributed by atoms with Crippen LogP contribution in [-0.2, 0) is 9.53 Å². The summed E-state index contributed by atoms with van der Waals surface area (Å²) in [6.07, 6.45) is 5.45. The van der Waals surface area contributed by atoms with Crippen molar-refractivity contribution in [3.8, 4) is 0 Å². The number of aryl methyl sites for hydroxylation is 1. The van der Waals surface area contributed by atoms with E-state index in [-0.39, 0.29) is 12.0 Å². The van der Waals surface area contributed by atoms with Gasteiger partial charge in [-0.1, -0.05) is 6.92 Å². The van der Waals surface area contributed by atoms with Gasteiger partial charge in [0, 0.05) is 6.20 Å². The fourth-order valence-electron chi connectivity index (χ4n) is 2.28. The lowest BCUT2D eigenvalue weighted by molar-refractivity contribution is -0.151. The van der Waals surface area contributed by atoms with E-state index < -0.39 is 5.54 Å². The Morgan fingerprint density at radius 3 is 2.75 bits per heavy atom. The van der Waals surface area contributed by atoms with Crippen LogP contribution < -0.4 is 5.32 Å². The second kappa shape index (κ2) is 7.43. The van der Waals surface area contributed by atoms with E-state index in [1.54, 1.807) is 0 Å². The molecule has 0 aromatic carbocycles. The zero-order valence-corrected chi connectivity index (χ0v) is 13.3. The maximum Gasteiger partial charge on any atom is 0.326 e. The molecule has 0 fully saturated rings. The number of carbonyl (C=O) groups excluding carboxylic acids is 1. The molecule has 2 atom stereocenters. The van der Waals surface area contributed by atoms with Gasteiger partial charge in [-0.25, -0.2) is 0 Å². The zero-order chi connectivity index (χ0) is 15.2. The minimum atomic E-state index is -0.675. The van der Waals surface area contributed by atoms with Gasteiger partial charge in [0.05, 0.1) is 18.8 Å². The van der Waals surface area contributed by atoms with E-state index in [9.17, 15) is 4.79 Å². The summed E-state index contributed by atoms with van der Waals surface area (Å²) in [5, 5.41) is 7.64. The maximum absolute atomic E-state index is 12.2. The Kier molecular flexibility index (Phi) is 6.20. The highest BCUT2D eigenvalue weighted by atomic mass is 16.5. The molecule has 5 heteroatoms. The SMILES string of the molecule is CCCNC(C)(CC(C)n1cc(C)cn1)C(=O)OCC. The molecule has 0 radical (unpaired) electrons. The third-order valence-corrected chi connectivity index (χ3v) is 3.38. The summed E-state index contributed by atoms with van der Waals surface area (Å²) in [4.78, 5) is 12.2. The summed E-state index contributed by atoms with van der Waals surface area (Å²) >= 11 is 0. The van der Waals surface area contributed by atoms with E-state index in [1.165, 1.54) is 0 Å². The molecule has 0 amide bonds. The first-order valence-corrected chi connectivity index (χ1v) is 7.36. The molecular weight excluding hydrogens is 254 g/mol. The third-order valence-electron chi connectivity index (χ3n) is 3.38. The summed E-state index contributed by atoms with van der Waals surface area (Å²) in [6, 6.07) is 0.127. The molecule has 2 unspecified atom stereocenters. The highest BCUT2D eigenvalue weighted by Crippen LogP contribution is 2.22. The topological polar surface area (TPSA) is 56.2 Å². The van der Waals surface area contributed by atoms with Crippen LogP contribution in [0.1, 0.15) is 52.1 Å². The lowest BCUT2D eigenvalue weighted by atomic mass is 9.93. The number of hydrogen-bond acceptors (Lipinski definition) is 4. The van der Waals surface area contributed by atoms with Gasteiger partial charge < -0.3 is 10.1 Å². The maximum atomic E-state index is 12.2. The number of nitrogens with zero attached hydrogens (tertiary/aromatic N) is 2. The number of carbonyl (C=O) groups is 1. The molecule has 5 nitrogen and oxygen atoms in total. The van der Waals surface area contributed by atoms with Gasteiger partial charge in [-0.05, 0) is 52.6 Å². The van der Waals surface area contributed by atoms with E-state index in [4.69, 9.17) is 4.74 Å². The fourth-order valence-corrected chi connectivity index (χ4v) is 2.28. The Labute approximate surface area is 121 Å². The van der Waals surface area contributed by atoms with Crippen molar-refractivity contribution in [1.82, 2.24) is 15.1 Å². The summed E-state index contributed by atoms with van der Waals surface area (Å²) in [7, 11) is 0. The highest BCUT2D eigenvalue weighted by molar-refractivity contribution is 5.80. The smallest absolute Gasteiger partial charge is 0.326 e. The minimum absolute atomic E-state index is 0.127. The molecule has 0 aliphatic heterocycles. The molecule has 0 saturated heterocycles. The molecular formula is C15H27N3O2. The largest absolute Gasteiger partial charge is 0.465 e. The van der Waals surface area contributed by atoms with Gasteiger partial charge in [0.25, 0.3) is 0 Å². The molecule has 20 heavy (non-hydrogen) atoms. The Hall–Kier alpha value is -1.36. The average molecular weight is 281 g/mol. The summed E-state index contributed by atoms with van der Waals surface area (Å²) in [5.74, 6) is -0.191. The summed E-state index contributed by atoms with van der Waals surface area (Å²) < 4.78 is 7.12. The van der Waals surface area contributed by atoms with Crippen LogP contribution in [-0.4, -0.2) is 34.4 Å². The Morgan fingerprint density at radius 2 is 2.25 bits per heavy atom. The van der Waals surface area contributed by atoms with Crippen molar-refractivity contribution >= 4 is 5.97 Å². The number of hydrogen-bond donors (Lipinski definition) is 1. The average Bonchev–Trinajstić information content (AvgIpc) is 2.83. The molecule has 1 heterocycles. The Bertz CT molecular complexity index is 431. The van der Waals surface area contributed by atoms with Crippen molar-refractivity contribution in [2.45, 2.75) is 59.0 Å². The van der Waals surface area contributed by atoms with Crippen molar-refractivity contribution in [1.29, 1.82) is 0 Å². The molecule has 1 N–H and O–H groups in total. The second-order valence-corrected chi connectivity index (χ2v) is 5.53. The molecule has 1 aromatic heterocycles. The second-order valence-electron chi connectivity index (χ2n) is 5.53. The lowest BCUT2D eigenvalue weighted by Gasteiger charge is -2.31. The van der Waals surface area contributed by atoms with Crippen molar-refractivity contribution in [3.05, 3.63) is 18.0 Å². The van der Waals surface area contributed by atoms with Crippen LogP contribution in [0, 0.1) is 6.92 Å². The molecule has 1 rings (SSSR count). The van der Waals surface area contributed by atoms with Crippen LogP contribution in [0.5, 0.6) is 0 Å². The van der Waals surface area contributed by atoms with Crippen molar-refractivity contribution in [3.63, 3.8) is 0 Å². The van der Waals surface area contributed by atoms with Crippen LogP contribution in [0.4, 0.5) is 0 Å². The van der Waals surface area contributed by atoms with E-state index in [1.807, 2.05) is 37.8 Å². The first-order chi connectivity index (χ1) is 9.42. The summed E-state index contributed by atoms with van der Waals surface area (Å²) in [6.45, 7) is 11.1. The molecule has 0 saturated carbocycles. The van der Waals surface area contributed by atoms with Crippen LogP contribution in [0.3, 0.4) is 0 Å². The van der Waals surface area contributed by atoms with Gasteiger partial charge in [-0.15, -0.1) is 0 Å². The molecule has 1 aromatic rings. The molecule has 114 valence electrons. The van der Waals surface area contributed by atoms with Crippen LogP contribution >= 0.6 is 0 Å². The lowest BCUT2D eigenvalue weighted by Crippen LogP contribution is -2.52. The third kappa shape index (κ3) is 4.34. The number of ether oxygens (including phenoxy) is 1. The first kappa shape index (κ1) is 16.7. The first-order valence-electron chi connectivity index (χ1n) is 7.36. The number of aromatic nitrogens is 2. The van der Waals surface area contributed by atoms with Crippen molar-refractivity contribution < 1.29 is 9.53 Å². The van der Waals surface area contributed by atoms with Gasteiger partial charge in [0.2, 0.25) is 0 Å². The minimum Gasteiger partial charge on any atom is -0.465 e. The van der Waals surface area contributed by atoms with Crippen LogP contribution in [0.25, 0.3) is 0 Å². The van der Waals surface area contributed by atoms with E-state index in [2.05, 4.69) is 24.3 Å². The zero-order valence-electron chi connectivity index (χ0n) is 13.3.